The Bertz CT molecular complexity index is 1010. The van der Waals surface area contributed by atoms with Crippen LogP contribution in [0.2, 0.25) is 0 Å². The molecule has 1 saturated heterocycles. The molecular weight excluding hydrogens is 370 g/mol. The molecule has 0 atom stereocenters. The summed E-state index contributed by atoms with van der Waals surface area (Å²) in [6.07, 6.45) is 6.52. The molecule has 1 N–H and O–H groups in total. The lowest BCUT2D eigenvalue weighted by Gasteiger charge is -2.42. The van der Waals surface area contributed by atoms with Crippen LogP contribution in [0.1, 0.15) is 32.1 Å². The number of carbonyl (C=O) groups excluding carboxylic acids is 1. The van der Waals surface area contributed by atoms with Crippen LogP contribution in [0.5, 0.6) is 5.75 Å². The van der Waals surface area contributed by atoms with Gasteiger partial charge in [-0.3, -0.25) is 19.3 Å². The highest BCUT2D eigenvalue weighted by Gasteiger charge is 2.32. The highest BCUT2D eigenvalue weighted by molar-refractivity contribution is 5.96. The maximum Gasteiger partial charge on any atom is 0.262 e. The molecule has 2 heterocycles. The fourth-order valence-corrected chi connectivity index (χ4v) is 4.94. The molecule has 152 valence electrons. The quantitative estimate of drug-likeness (QED) is 0.798. The van der Waals surface area contributed by atoms with E-state index in [4.69, 9.17) is 4.74 Å². The Kier molecular flexibility index (Phi) is 4.62. The molecule has 2 aromatic carbocycles. The highest BCUT2D eigenvalue weighted by atomic mass is 16.5. The second kappa shape index (κ2) is 7.30. The van der Waals surface area contributed by atoms with Gasteiger partial charge in [0.2, 0.25) is 10.9 Å². The average Bonchev–Trinajstić information content (AvgIpc) is 2.77. The zero-order chi connectivity index (χ0) is 20.0. The lowest BCUT2D eigenvalue weighted by molar-refractivity contribution is -0.118. The van der Waals surface area contributed by atoms with Crippen LogP contribution in [0, 0.1) is 0 Å². The van der Waals surface area contributed by atoms with Crippen LogP contribution >= 0.6 is 0 Å². The minimum absolute atomic E-state index is 0.0433. The number of ether oxygens (including phenoxy) is 1. The summed E-state index contributed by atoms with van der Waals surface area (Å²) in [5, 5.41) is 2.74. The van der Waals surface area contributed by atoms with Gasteiger partial charge in [0, 0.05) is 32.2 Å². The van der Waals surface area contributed by atoms with Crippen LogP contribution in [0.25, 0.3) is 11.1 Å². The second-order valence-corrected chi connectivity index (χ2v) is 8.24. The van der Waals surface area contributed by atoms with Crippen molar-refractivity contribution in [3.8, 4) is 16.9 Å². The van der Waals surface area contributed by atoms with Gasteiger partial charge in [0.15, 0.2) is 6.61 Å². The van der Waals surface area contributed by atoms with Crippen LogP contribution in [-0.2, 0) is 4.79 Å². The number of carbonyl (C=O) groups is 1. The number of hydrogen-bond acceptors (Lipinski definition) is 6. The van der Waals surface area contributed by atoms with Crippen LogP contribution in [0.4, 0.5) is 11.4 Å². The average molecular weight is 395 g/mol. The van der Waals surface area contributed by atoms with E-state index >= 15 is 0 Å². The summed E-state index contributed by atoms with van der Waals surface area (Å²) in [4.78, 5) is 40.9. The molecule has 3 aliphatic rings. The maximum atomic E-state index is 12.4. The van der Waals surface area contributed by atoms with Gasteiger partial charge in [-0.2, -0.15) is 0 Å². The zero-order valence-electron chi connectivity index (χ0n) is 16.4. The van der Waals surface area contributed by atoms with Crippen LogP contribution < -0.4 is 25.8 Å². The van der Waals surface area contributed by atoms with Gasteiger partial charge in [0.1, 0.15) is 11.4 Å². The SMILES string of the molecule is O=C1COc2cc(-c3c(N4CCN(C5CCCCC5)CC4)c(=O)c3=O)ccc2N1. The number of nitrogens with one attached hydrogen (secondary N) is 1. The fourth-order valence-electron chi connectivity index (χ4n) is 4.94. The van der Waals surface area contributed by atoms with Crippen molar-refractivity contribution < 1.29 is 9.53 Å². The number of piperazine rings is 1. The monoisotopic (exact) mass is 395 g/mol. The third kappa shape index (κ3) is 3.23. The summed E-state index contributed by atoms with van der Waals surface area (Å²) in [7, 11) is 0. The molecule has 0 aromatic heterocycles. The molecule has 2 aliphatic heterocycles. The second-order valence-electron chi connectivity index (χ2n) is 8.24. The van der Waals surface area contributed by atoms with Gasteiger partial charge in [-0.15, -0.1) is 0 Å². The predicted molar refractivity (Wildman–Crippen MR) is 112 cm³/mol. The Labute approximate surface area is 168 Å². The van der Waals surface area contributed by atoms with Gasteiger partial charge in [-0.1, -0.05) is 25.3 Å². The van der Waals surface area contributed by atoms with Crippen LogP contribution in [0.3, 0.4) is 0 Å². The van der Waals surface area contributed by atoms with E-state index in [0.29, 0.717) is 34.3 Å². The van der Waals surface area contributed by atoms with E-state index in [1.165, 1.54) is 32.1 Å². The molecule has 7 nitrogen and oxygen atoms in total. The number of nitrogens with zero attached hydrogens (tertiary/aromatic N) is 2. The minimum atomic E-state index is -0.436. The normalized spacial score (nSPS) is 21.0. The summed E-state index contributed by atoms with van der Waals surface area (Å²) in [5.41, 5.74) is 1.45. The van der Waals surface area contributed by atoms with E-state index in [9.17, 15) is 14.4 Å². The molecule has 1 amide bonds. The topological polar surface area (TPSA) is 79.0 Å². The molecule has 7 heteroatoms. The lowest BCUT2D eigenvalue weighted by atomic mass is 9.93. The van der Waals surface area contributed by atoms with E-state index < -0.39 is 10.9 Å². The number of fused-ring (bicyclic) bond motifs is 1. The van der Waals surface area contributed by atoms with Gasteiger partial charge in [0.05, 0.1) is 11.3 Å². The molecule has 0 unspecified atom stereocenters. The van der Waals surface area contributed by atoms with E-state index in [-0.39, 0.29) is 12.5 Å². The van der Waals surface area contributed by atoms with Crippen molar-refractivity contribution >= 4 is 17.3 Å². The molecule has 29 heavy (non-hydrogen) atoms. The number of benzene rings is 1. The first kappa shape index (κ1) is 18.4. The van der Waals surface area contributed by atoms with E-state index in [1.54, 1.807) is 18.2 Å². The Morgan fingerprint density at radius 2 is 1.69 bits per heavy atom. The van der Waals surface area contributed by atoms with Crippen molar-refractivity contribution in [3.63, 3.8) is 0 Å². The molecule has 0 radical (unpaired) electrons. The molecule has 0 bridgehead atoms. The van der Waals surface area contributed by atoms with Gasteiger partial charge >= 0.3 is 0 Å². The minimum Gasteiger partial charge on any atom is -0.482 e. The van der Waals surface area contributed by atoms with Gasteiger partial charge in [0.25, 0.3) is 5.91 Å². The Morgan fingerprint density at radius 3 is 2.45 bits per heavy atom. The number of hydrogen-bond donors (Lipinski definition) is 1. The van der Waals surface area contributed by atoms with Crippen molar-refractivity contribution in [2.75, 3.05) is 43.0 Å². The first-order valence-corrected chi connectivity index (χ1v) is 10.5. The molecule has 2 aromatic rings. The van der Waals surface area contributed by atoms with Gasteiger partial charge < -0.3 is 15.0 Å². The molecule has 2 fully saturated rings. The summed E-state index contributed by atoms with van der Waals surface area (Å²) < 4.78 is 5.47. The van der Waals surface area contributed by atoms with Crippen LogP contribution in [0.15, 0.2) is 27.8 Å². The highest BCUT2D eigenvalue weighted by Crippen LogP contribution is 2.35. The standard InChI is InChI=1S/C22H25N3O4/c26-18-13-29-17-12-14(6-7-16(17)23-18)19-20(22(28)21(19)27)25-10-8-24(9-11-25)15-4-2-1-3-5-15/h6-7,12,15H,1-5,8-11,13H2,(H,23,26). The number of amides is 1. The van der Waals surface area contributed by atoms with E-state index in [0.717, 1.165) is 26.2 Å². The Hall–Kier alpha value is -2.67. The third-order valence-corrected chi connectivity index (χ3v) is 6.51. The lowest BCUT2D eigenvalue weighted by Crippen LogP contribution is -2.54. The third-order valence-electron chi connectivity index (χ3n) is 6.51. The predicted octanol–water partition coefficient (Wildman–Crippen LogP) is 1.74. The summed E-state index contributed by atoms with van der Waals surface area (Å²) in [6.45, 7) is 3.36. The Balaban J connectivity index is 1.36. The first-order valence-electron chi connectivity index (χ1n) is 10.5. The molecule has 1 aliphatic carbocycles. The van der Waals surface area contributed by atoms with E-state index in [2.05, 4.69) is 15.1 Å². The van der Waals surface area contributed by atoms with Crippen molar-refractivity contribution in [2.45, 2.75) is 38.1 Å². The van der Waals surface area contributed by atoms with Crippen LogP contribution in [-0.4, -0.2) is 49.6 Å². The Morgan fingerprint density at radius 1 is 0.931 bits per heavy atom. The molecule has 0 spiro atoms. The first-order chi connectivity index (χ1) is 14.1. The fraction of sp³-hybridized carbons (Fsp3) is 0.500. The summed E-state index contributed by atoms with van der Waals surface area (Å²) in [5.74, 6) is 0.333. The summed E-state index contributed by atoms with van der Waals surface area (Å²) in [6, 6.07) is 5.91. The molecule has 1 saturated carbocycles. The number of rotatable bonds is 3. The smallest absolute Gasteiger partial charge is 0.262 e. The van der Waals surface area contributed by atoms with Crippen molar-refractivity contribution in [3.05, 3.63) is 38.6 Å². The maximum absolute atomic E-state index is 12.4. The van der Waals surface area contributed by atoms with Crippen molar-refractivity contribution in [2.24, 2.45) is 0 Å². The van der Waals surface area contributed by atoms with Crippen molar-refractivity contribution in [1.82, 2.24) is 4.90 Å². The van der Waals surface area contributed by atoms with E-state index in [1.807, 2.05) is 0 Å². The zero-order valence-corrected chi connectivity index (χ0v) is 16.4. The molecular formula is C22H25N3O4. The number of anilines is 2. The van der Waals surface area contributed by atoms with Crippen molar-refractivity contribution in [1.29, 1.82) is 0 Å². The van der Waals surface area contributed by atoms with Gasteiger partial charge in [-0.25, -0.2) is 0 Å². The van der Waals surface area contributed by atoms with Gasteiger partial charge in [-0.05, 0) is 30.5 Å². The summed E-state index contributed by atoms with van der Waals surface area (Å²) >= 11 is 0. The molecule has 5 rings (SSSR count). The largest absolute Gasteiger partial charge is 0.482 e.